The first-order valence-electron chi connectivity index (χ1n) is 28.8. The van der Waals surface area contributed by atoms with Crippen LogP contribution in [0.25, 0.3) is 0 Å². The van der Waals surface area contributed by atoms with Crippen LogP contribution in [0.3, 0.4) is 0 Å². The van der Waals surface area contributed by atoms with Gasteiger partial charge in [0.2, 0.25) is 70.9 Å². The van der Waals surface area contributed by atoms with Gasteiger partial charge in [0.05, 0.1) is 19.3 Å². The van der Waals surface area contributed by atoms with E-state index in [0.717, 1.165) is 0 Å². The van der Waals surface area contributed by atoms with Crippen molar-refractivity contribution in [3.8, 4) is 0 Å². The van der Waals surface area contributed by atoms with E-state index in [4.69, 9.17) is 11.5 Å². The smallest absolute Gasteiger partial charge is 0.303 e. The van der Waals surface area contributed by atoms with Gasteiger partial charge < -0.3 is 79.2 Å². The molecule has 476 valence electrons. The number of amides is 12. The number of hydrogen-bond donors (Lipinski definition) is 13. The highest BCUT2D eigenvalue weighted by atomic mass is 33.1. The Morgan fingerprint density at radius 1 is 0.718 bits per heavy atom. The zero-order chi connectivity index (χ0) is 63.5. The number of carboxylic acids is 1. The SMILES string of the molecule is CC[C@H](C)[C@H](NC(=O)[C@H](CC(=O)N1CCSSCC1)NC(C)=O)C(=O)N[C@@H](CC(C)C)C(=O)N[C@@H](CCCCN)C(=O)N[C@@H](CCC(=O)O)C(=O)N1CCC[C@H]1C(=O)N[C@H](C(=O)N[C@@H](Cc1cnc[nH]1)C(=O)NCC(=O)N[C@@H](C)C(N)=O)C(C)C. The minimum absolute atomic E-state index is 0.00169. The van der Waals surface area contributed by atoms with Crippen LogP contribution < -0.4 is 59.3 Å². The van der Waals surface area contributed by atoms with E-state index in [9.17, 15) is 67.4 Å². The van der Waals surface area contributed by atoms with Gasteiger partial charge in [-0.1, -0.05) is 69.6 Å². The molecule has 0 bridgehead atoms. The quantitative estimate of drug-likeness (QED) is 0.0254. The summed E-state index contributed by atoms with van der Waals surface area (Å²) in [6, 6.07) is -11.6. The number of imidazole rings is 1. The molecule has 31 heteroatoms. The Hall–Kier alpha value is -7.02. The van der Waals surface area contributed by atoms with Crippen molar-refractivity contribution < 1.29 is 67.4 Å². The average molecular weight is 1240 g/mol. The van der Waals surface area contributed by atoms with Crippen LogP contribution in [0.15, 0.2) is 12.5 Å². The van der Waals surface area contributed by atoms with Crippen molar-refractivity contribution in [1.82, 2.24) is 67.6 Å². The number of aromatic nitrogens is 2. The maximum Gasteiger partial charge on any atom is 0.303 e. The van der Waals surface area contributed by atoms with Gasteiger partial charge in [-0.15, -0.1) is 0 Å². The lowest BCUT2D eigenvalue weighted by Crippen LogP contribution is -2.61. The van der Waals surface area contributed by atoms with Crippen LogP contribution in [-0.2, 0) is 68.7 Å². The first kappa shape index (κ1) is 72.2. The second kappa shape index (κ2) is 36.7. The highest BCUT2D eigenvalue weighted by Crippen LogP contribution is 2.25. The predicted octanol–water partition coefficient (Wildman–Crippen LogP) is -2.18. The first-order valence-corrected chi connectivity index (χ1v) is 31.3. The summed E-state index contributed by atoms with van der Waals surface area (Å²) in [7, 11) is 3.26. The second-order valence-corrected chi connectivity index (χ2v) is 24.8. The van der Waals surface area contributed by atoms with Crippen molar-refractivity contribution in [1.29, 1.82) is 0 Å². The number of likely N-dealkylation sites (tertiary alicyclic amines) is 1. The van der Waals surface area contributed by atoms with E-state index in [2.05, 4.69) is 57.8 Å². The van der Waals surface area contributed by atoms with Crippen molar-refractivity contribution in [2.75, 3.05) is 44.2 Å². The standard InChI is InChI=1S/C54H89N15O14S2/c1-9-31(6)45(67-50(79)39(61-33(8)70)25-42(72)68-19-21-84-85-22-20-68)53(82)64-37(23-29(2)3)49(78)62-35(13-10-11-17-55)48(77)63-36(15-16-43(73)74)54(83)69-18-12-14-40(69)51(80)66-44(30(4)5)52(81)65-38(24-34-26-57-28-59-34)47(76)58-27-41(71)60-32(7)46(56)75/h26,28-32,35-40,44-45H,9-25,27,55H2,1-8H3,(H2,56,75)(H,57,59)(H,58,76)(H,60,71)(H,61,70)(H,62,78)(H,63,77)(H,64,82)(H,65,81)(H,66,80)(H,67,79)(H,73,74)/t31-,32-,35-,36-,37-,38-,39-,40-,44-,45-/m0/s1. The minimum Gasteiger partial charge on any atom is -0.481 e. The predicted molar refractivity (Wildman–Crippen MR) is 316 cm³/mol. The summed E-state index contributed by atoms with van der Waals surface area (Å²) in [6.07, 6.45) is 2.85. The number of H-pyrrole nitrogens is 1. The molecule has 3 heterocycles. The first-order chi connectivity index (χ1) is 40.2. The Morgan fingerprint density at radius 2 is 1.33 bits per heavy atom. The number of unbranched alkanes of at least 4 members (excludes halogenated alkanes) is 1. The summed E-state index contributed by atoms with van der Waals surface area (Å²) in [6.45, 7) is 13.5. The average Bonchev–Trinajstić information content (AvgIpc) is 3.71. The van der Waals surface area contributed by atoms with Crippen molar-refractivity contribution in [2.24, 2.45) is 29.2 Å². The summed E-state index contributed by atoms with van der Waals surface area (Å²) < 4.78 is 0. The third-order valence-corrected chi connectivity index (χ3v) is 16.7. The summed E-state index contributed by atoms with van der Waals surface area (Å²) in [5.41, 5.74) is 11.5. The third-order valence-electron chi connectivity index (χ3n) is 14.3. The van der Waals surface area contributed by atoms with Crippen LogP contribution in [0.1, 0.15) is 125 Å². The lowest BCUT2D eigenvalue weighted by atomic mass is 9.96. The molecule has 0 aliphatic carbocycles. The number of nitrogens with one attached hydrogen (secondary N) is 10. The molecule has 2 saturated heterocycles. The van der Waals surface area contributed by atoms with E-state index >= 15 is 0 Å². The van der Waals surface area contributed by atoms with Crippen LogP contribution in [0.4, 0.5) is 0 Å². The van der Waals surface area contributed by atoms with Gasteiger partial charge in [-0.05, 0) is 76.2 Å². The molecule has 85 heavy (non-hydrogen) atoms. The van der Waals surface area contributed by atoms with Gasteiger partial charge in [-0.3, -0.25) is 62.3 Å². The lowest BCUT2D eigenvalue weighted by Gasteiger charge is -2.32. The summed E-state index contributed by atoms with van der Waals surface area (Å²) in [5.74, 6) is -10.1. The van der Waals surface area contributed by atoms with Crippen LogP contribution in [-0.4, -0.2) is 200 Å². The molecular formula is C54H89N15O14S2. The molecule has 2 fully saturated rings. The van der Waals surface area contributed by atoms with E-state index in [1.54, 1.807) is 68.0 Å². The molecule has 2 aliphatic rings. The Balaban J connectivity index is 1.85. The number of rotatable bonds is 35. The number of nitrogens with zero attached hydrogens (tertiary/aromatic N) is 3. The zero-order valence-electron chi connectivity index (χ0n) is 49.9. The molecule has 0 aromatic carbocycles. The van der Waals surface area contributed by atoms with Gasteiger partial charge in [-0.25, -0.2) is 4.98 Å². The molecule has 0 spiro atoms. The number of aliphatic carboxylic acids is 1. The summed E-state index contributed by atoms with van der Waals surface area (Å²) in [5, 5.41) is 33.2. The number of carboxylic acid groups (broad SMARTS) is 1. The Kier molecular flexibility index (Phi) is 31.2. The molecule has 3 rings (SSSR count). The Bertz CT molecular complexity index is 2460. The number of carbonyl (C=O) groups excluding carboxylic acids is 12. The molecule has 0 radical (unpaired) electrons. The van der Waals surface area contributed by atoms with E-state index in [1.807, 2.05) is 0 Å². The fraction of sp³-hybridized carbons (Fsp3) is 0.704. The third kappa shape index (κ3) is 24.8. The van der Waals surface area contributed by atoms with Gasteiger partial charge in [0.15, 0.2) is 0 Å². The molecule has 15 N–H and O–H groups in total. The molecule has 2 aliphatic heterocycles. The summed E-state index contributed by atoms with van der Waals surface area (Å²) in [4.78, 5) is 184. The molecule has 10 atom stereocenters. The van der Waals surface area contributed by atoms with E-state index in [0.29, 0.717) is 56.0 Å². The minimum atomic E-state index is -1.54. The number of hydrogen-bond acceptors (Lipinski definition) is 17. The van der Waals surface area contributed by atoms with Crippen molar-refractivity contribution in [2.45, 2.75) is 180 Å². The molecule has 0 saturated carbocycles. The van der Waals surface area contributed by atoms with Gasteiger partial charge in [0.25, 0.3) is 0 Å². The van der Waals surface area contributed by atoms with Crippen LogP contribution in [0, 0.1) is 17.8 Å². The molecule has 29 nitrogen and oxygen atoms in total. The van der Waals surface area contributed by atoms with Gasteiger partial charge in [0, 0.05) is 62.8 Å². The highest BCUT2D eigenvalue weighted by Gasteiger charge is 2.41. The lowest BCUT2D eigenvalue weighted by molar-refractivity contribution is -0.144. The number of aromatic amines is 1. The fourth-order valence-corrected chi connectivity index (χ4v) is 11.3. The van der Waals surface area contributed by atoms with Gasteiger partial charge in [-0.2, -0.15) is 0 Å². The van der Waals surface area contributed by atoms with Crippen LogP contribution in [0.5, 0.6) is 0 Å². The highest BCUT2D eigenvalue weighted by molar-refractivity contribution is 8.76. The number of nitrogens with two attached hydrogens (primary N) is 2. The van der Waals surface area contributed by atoms with E-state index in [-0.39, 0.29) is 57.0 Å². The van der Waals surface area contributed by atoms with Crippen LogP contribution in [0.2, 0.25) is 0 Å². The zero-order valence-corrected chi connectivity index (χ0v) is 51.5. The molecule has 1 aromatic heterocycles. The monoisotopic (exact) mass is 1240 g/mol. The molecular weight excluding hydrogens is 1150 g/mol. The number of carbonyl (C=O) groups is 13. The maximum atomic E-state index is 14.6. The van der Waals surface area contributed by atoms with Gasteiger partial charge in [0.1, 0.15) is 54.4 Å². The van der Waals surface area contributed by atoms with Crippen molar-refractivity contribution in [3.63, 3.8) is 0 Å². The summed E-state index contributed by atoms with van der Waals surface area (Å²) >= 11 is 0. The Morgan fingerprint density at radius 3 is 1.91 bits per heavy atom. The van der Waals surface area contributed by atoms with Gasteiger partial charge >= 0.3 is 5.97 Å². The maximum absolute atomic E-state index is 14.6. The van der Waals surface area contributed by atoms with E-state index in [1.165, 1.54) is 31.3 Å². The van der Waals surface area contributed by atoms with Crippen LogP contribution >= 0.6 is 21.6 Å². The topological polar surface area (TPSA) is 438 Å². The largest absolute Gasteiger partial charge is 0.481 e. The van der Waals surface area contributed by atoms with Crippen molar-refractivity contribution in [3.05, 3.63) is 18.2 Å². The molecule has 1 aromatic rings. The van der Waals surface area contributed by atoms with Crippen molar-refractivity contribution >= 4 is 98.4 Å². The molecule has 12 amide bonds. The Labute approximate surface area is 503 Å². The molecule has 0 unspecified atom stereocenters. The normalized spacial score (nSPS) is 17.4. The second-order valence-electron chi connectivity index (χ2n) is 22.1. The number of primary amides is 1. The fourth-order valence-electron chi connectivity index (χ4n) is 9.31. The van der Waals surface area contributed by atoms with E-state index < -0.39 is 157 Å².